The number of hydrogen-bond acceptors (Lipinski definition) is 5. The van der Waals surface area contributed by atoms with Crippen LogP contribution in [-0.4, -0.2) is 54.1 Å². The molecule has 1 aromatic heterocycles. The maximum absolute atomic E-state index is 4.74. The van der Waals surface area contributed by atoms with E-state index in [9.17, 15) is 0 Å². The maximum atomic E-state index is 4.74. The molecule has 0 radical (unpaired) electrons. The van der Waals surface area contributed by atoms with Crippen LogP contribution in [0.1, 0.15) is 32.4 Å². The van der Waals surface area contributed by atoms with E-state index in [1.54, 1.807) is 0 Å². The van der Waals surface area contributed by atoms with Gasteiger partial charge in [-0.25, -0.2) is 4.98 Å². The summed E-state index contributed by atoms with van der Waals surface area (Å²) in [6, 6.07) is 1.08. The molecule has 1 unspecified atom stereocenters. The van der Waals surface area contributed by atoms with Crippen LogP contribution < -0.4 is 10.2 Å². The topological polar surface area (TPSA) is 44.3 Å². The maximum Gasteiger partial charge on any atom is 0.147 e. The Morgan fingerprint density at radius 2 is 2.20 bits per heavy atom. The molecule has 20 heavy (non-hydrogen) atoms. The molecule has 2 rings (SSSR count). The number of anilines is 1. The van der Waals surface area contributed by atoms with E-state index < -0.39 is 0 Å². The molecule has 1 aromatic rings. The Morgan fingerprint density at radius 1 is 1.40 bits per heavy atom. The Kier molecular flexibility index (Phi) is 5.31. The van der Waals surface area contributed by atoms with Gasteiger partial charge in [-0.3, -0.25) is 4.98 Å². The number of likely N-dealkylation sites (N-methyl/N-ethyl adjacent to an activating group) is 1. The van der Waals surface area contributed by atoms with Crippen molar-refractivity contribution in [3.8, 4) is 0 Å². The third-order valence-corrected chi connectivity index (χ3v) is 3.81. The van der Waals surface area contributed by atoms with Gasteiger partial charge in [0, 0.05) is 37.9 Å². The van der Waals surface area contributed by atoms with Crippen LogP contribution in [-0.2, 0) is 6.54 Å². The van der Waals surface area contributed by atoms with E-state index in [1.807, 2.05) is 12.4 Å². The minimum atomic E-state index is 0.466. The van der Waals surface area contributed by atoms with Gasteiger partial charge >= 0.3 is 0 Å². The fourth-order valence-corrected chi connectivity index (χ4v) is 2.53. The van der Waals surface area contributed by atoms with Crippen molar-refractivity contribution in [1.82, 2.24) is 20.2 Å². The second-order valence-electron chi connectivity index (χ2n) is 6.11. The first-order valence-corrected chi connectivity index (χ1v) is 7.52. The van der Waals surface area contributed by atoms with Gasteiger partial charge in [-0.15, -0.1) is 0 Å². The molecule has 0 amide bonds. The molecule has 5 heteroatoms. The molecule has 1 aliphatic heterocycles. The lowest BCUT2D eigenvalue weighted by Crippen LogP contribution is -2.45. The van der Waals surface area contributed by atoms with E-state index in [0.29, 0.717) is 12.1 Å². The van der Waals surface area contributed by atoms with E-state index in [1.165, 1.54) is 12.8 Å². The van der Waals surface area contributed by atoms with E-state index in [2.05, 4.69) is 48.0 Å². The highest BCUT2D eigenvalue weighted by molar-refractivity contribution is 5.37. The smallest absolute Gasteiger partial charge is 0.147 e. The summed E-state index contributed by atoms with van der Waals surface area (Å²) in [6.45, 7) is 7.19. The highest BCUT2D eigenvalue weighted by atomic mass is 15.2. The van der Waals surface area contributed by atoms with Crippen LogP contribution in [0.3, 0.4) is 0 Å². The minimum Gasteiger partial charge on any atom is -0.354 e. The third-order valence-electron chi connectivity index (χ3n) is 3.81. The third kappa shape index (κ3) is 4.15. The fraction of sp³-hybridized carbons (Fsp3) is 0.733. The highest BCUT2D eigenvalue weighted by Crippen LogP contribution is 2.19. The van der Waals surface area contributed by atoms with Gasteiger partial charge in [-0.05, 0) is 26.9 Å². The van der Waals surface area contributed by atoms with Crippen LogP contribution in [0.2, 0.25) is 0 Å². The van der Waals surface area contributed by atoms with Gasteiger partial charge < -0.3 is 15.1 Å². The van der Waals surface area contributed by atoms with E-state index >= 15 is 0 Å². The number of nitrogens with zero attached hydrogens (tertiary/aromatic N) is 4. The molecule has 112 valence electrons. The molecule has 0 aromatic carbocycles. The zero-order valence-corrected chi connectivity index (χ0v) is 13.1. The first-order valence-electron chi connectivity index (χ1n) is 7.52. The molecule has 1 fully saturated rings. The van der Waals surface area contributed by atoms with E-state index in [-0.39, 0.29) is 0 Å². The lowest BCUT2D eigenvalue weighted by atomic mass is 10.1. The van der Waals surface area contributed by atoms with Crippen LogP contribution in [0.4, 0.5) is 5.82 Å². The normalized spacial score (nSPS) is 19.9. The molecule has 1 aliphatic rings. The predicted octanol–water partition coefficient (Wildman–Crippen LogP) is 1.50. The predicted molar refractivity (Wildman–Crippen MR) is 82.9 cm³/mol. The van der Waals surface area contributed by atoms with Gasteiger partial charge in [0.15, 0.2) is 0 Å². The first kappa shape index (κ1) is 15.2. The van der Waals surface area contributed by atoms with Crippen LogP contribution in [0, 0.1) is 0 Å². The molecule has 1 N–H and O–H groups in total. The summed E-state index contributed by atoms with van der Waals surface area (Å²) in [5.41, 5.74) is 1.02. The second-order valence-corrected chi connectivity index (χ2v) is 6.11. The summed E-state index contributed by atoms with van der Waals surface area (Å²) in [6.07, 6.45) is 6.23. The van der Waals surface area contributed by atoms with Crippen molar-refractivity contribution >= 4 is 5.82 Å². The average Bonchev–Trinajstić information content (AvgIpc) is 2.45. The Morgan fingerprint density at radius 3 is 2.90 bits per heavy atom. The van der Waals surface area contributed by atoms with Crippen molar-refractivity contribution in [2.75, 3.05) is 32.1 Å². The van der Waals surface area contributed by atoms with Crippen LogP contribution in [0.25, 0.3) is 0 Å². The molecule has 2 heterocycles. The number of rotatable bonds is 5. The highest BCUT2D eigenvalue weighted by Gasteiger charge is 2.22. The van der Waals surface area contributed by atoms with Gasteiger partial charge in [0.25, 0.3) is 0 Å². The van der Waals surface area contributed by atoms with Gasteiger partial charge in [-0.1, -0.05) is 13.8 Å². The second kappa shape index (κ2) is 6.99. The minimum absolute atomic E-state index is 0.466. The quantitative estimate of drug-likeness (QED) is 0.884. The number of nitrogens with one attached hydrogen (secondary N) is 1. The molecular formula is C15H27N5. The number of aromatic nitrogens is 2. The molecule has 1 atom stereocenters. The Labute approximate surface area is 122 Å². The summed E-state index contributed by atoms with van der Waals surface area (Å²) in [4.78, 5) is 13.8. The largest absolute Gasteiger partial charge is 0.354 e. The standard InChI is InChI=1S/C15H27N5/c1-12(2)17-9-13-8-16-10-15(18-13)20-7-5-6-14(11-20)19(3)4/h8,10,12,14,17H,5-7,9,11H2,1-4H3. The SMILES string of the molecule is CC(C)NCc1cncc(N2CCCC(N(C)C)C2)n1. The summed E-state index contributed by atoms with van der Waals surface area (Å²) < 4.78 is 0. The molecular weight excluding hydrogens is 250 g/mol. The van der Waals surface area contributed by atoms with Crippen molar-refractivity contribution < 1.29 is 0 Å². The van der Waals surface area contributed by atoms with Gasteiger partial charge in [-0.2, -0.15) is 0 Å². The molecule has 0 aliphatic carbocycles. The zero-order valence-electron chi connectivity index (χ0n) is 13.1. The molecule has 0 spiro atoms. The monoisotopic (exact) mass is 277 g/mol. The lowest BCUT2D eigenvalue weighted by Gasteiger charge is -2.36. The molecule has 0 saturated carbocycles. The summed E-state index contributed by atoms with van der Waals surface area (Å²) in [7, 11) is 4.31. The average molecular weight is 277 g/mol. The Hall–Kier alpha value is -1.20. The molecule has 5 nitrogen and oxygen atoms in total. The van der Waals surface area contributed by atoms with Gasteiger partial charge in [0.05, 0.1) is 11.9 Å². The Bertz CT molecular complexity index is 418. The van der Waals surface area contributed by atoms with Gasteiger partial charge in [0.2, 0.25) is 0 Å². The number of hydrogen-bond donors (Lipinski definition) is 1. The van der Waals surface area contributed by atoms with Gasteiger partial charge in [0.1, 0.15) is 5.82 Å². The van der Waals surface area contributed by atoms with E-state index in [4.69, 9.17) is 4.98 Å². The summed E-state index contributed by atoms with van der Waals surface area (Å²) in [5.74, 6) is 1.01. The number of piperidine rings is 1. The van der Waals surface area contributed by atoms with Crippen molar-refractivity contribution in [2.45, 2.75) is 45.3 Å². The Balaban J connectivity index is 2.02. The van der Waals surface area contributed by atoms with Crippen molar-refractivity contribution in [2.24, 2.45) is 0 Å². The van der Waals surface area contributed by atoms with Crippen molar-refractivity contribution in [3.05, 3.63) is 18.1 Å². The van der Waals surface area contributed by atoms with Crippen LogP contribution >= 0.6 is 0 Å². The molecule has 1 saturated heterocycles. The fourth-order valence-electron chi connectivity index (χ4n) is 2.53. The van der Waals surface area contributed by atoms with Crippen LogP contribution in [0.15, 0.2) is 12.4 Å². The van der Waals surface area contributed by atoms with E-state index in [0.717, 1.165) is 31.1 Å². The summed E-state index contributed by atoms with van der Waals surface area (Å²) >= 11 is 0. The first-order chi connectivity index (χ1) is 9.56. The molecule has 0 bridgehead atoms. The van der Waals surface area contributed by atoms with Crippen molar-refractivity contribution in [3.63, 3.8) is 0 Å². The zero-order chi connectivity index (χ0) is 14.5. The summed E-state index contributed by atoms with van der Waals surface area (Å²) in [5, 5.41) is 3.39. The lowest BCUT2D eigenvalue weighted by molar-refractivity contribution is 0.257. The van der Waals surface area contributed by atoms with Crippen molar-refractivity contribution in [1.29, 1.82) is 0 Å². The van der Waals surface area contributed by atoms with Crippen LogP contribution in [0.5, 0.6) is 0 Å².